The smallest absolute Gasteiger partial charge is 0.263 e. The Hall–Kier alpha value is -2.24. The number of rotatable bonds is 6. The maximum absolute atomic E-state index is 12.8. The van der Waals surface area contributed by atoms with Crippen LogP contribution in [0.15, 0.2) is 54.6 Å². The van der Waals surface area contributed by atoms with Crippen LogP contribution in [0.5, 0.6) is 11.5 Å². The van der Waals surface area contributed by atoms with Crippen LogP contribution in [0.1, 0.15) is 18.4 Å². The molecule has 0 bridgehead atoms. The minimum atomic E-state index is -0.545. The highest BCUT2D eigenvalue weighted by molar-refractivity contribution is 5.85. The third-order valence-corrected chi connectivity index (χ3v) is 5.00. The van der Waals surface area contributed by atoms with Crippen molar-refractivity contribution in [2.75, 3.05) is 26.7 Å². The number of carbonyl (C=O) groups excluding carboxylic acids is 1. The average Bonchev–Trinajstić information content (AvgIpc) is 3.13. The van der Waals surface area contributed by atoms with Gasteiger partial charge in [-0.3, -0.25) is 4.79 Å². The molecule has 1 heterocycles. The van der Waals surface area contributed by atoms with E-state index in [0.29, 0.717) is 25.4 Å². The van der Waals surface area contributed by atoms with E-state index >= 15 is 0 Å². The Kier molecular flexibility index (Phi) is 7.51. The molecule has 0 spiro atoms. The topological polar surface area (TPSA) is 64.8 Å². The summed E-state index contributed by atoms with van der Waals surface area (Å²) in [6.07, 6.45) is -0.545. The quantitative estimate of drug-likeness (QED) is 0.823. The lowest BCUT2D eigenvalue weighted by molar-refractivity contribution is -0.137. The van der Waals surface area contributed by atoms with E-state index in [0.717, 1.165) is 5.75 Å². The molecule has 1 amide bonds. The van der Waals surface area contributed by atoms with E-state index in [9.17, 15) is 4.79 Å². The molecule has 3 rings (SSSR count). The number of ether oxygens (including phenoxy) is 2. The molecule has 0 radical (unpaired) electrons. The first-order chi connectivity index (χ1) is 12.6. The van der Waals surface area contributed by atoms with Gasteiger partial charge < -0.3 is 20.1 Å². The van der Waals surface area contributed by atoms with Crippen molar-refractivity contribution in [3.63, 3.8) is 0 Å². The number of methoxy groups -OCH3 is 1. The molecule has 1 aliphatic rings. The highest BCUT2D eigenvalue weighted by atomic mass is 35.5. The van der Waals surface area contributed by atoms with E-state index in [1.807, 2.05) is 47.4 Å². The molecule has 2 aromatic carbocycles. The first-order valence-electron chi connectivity index (χ1n) is 8.97. The first-order valence-corrected chi connectivity index (χ1v) is 8.97. The van der Waals surface area contributed by atoms with Gasteiger partial charge in [-0.1, -0.05) is 30.3 Å². The van der Waals surface area contributed by atoms with Crippen molar-refractivity contribution in [2.45, 2.75) is 18.9 Å². The molecular formula is C21H27ClN2O3. The van der Waals surface area contributed by atoms with Gasteiger partial charge in [-0.2, -0.15) is 0 Å². The monoisotopic (exact) mass is 390 g/mol. The fourth-order valence-electron chi connectivity index (χ4n) is 3.53. The maximum Gasteiger partial charge on any atom is 0.263 e. The van der Waals surface area contributed by atoms with Crippen molar-refractivity contribution in [2.24, 2.45) is 11.7 Å². The second-order valence-corrected chi connectivity index (χ2v) is 6.69. The molecule has 0 aliphatic carbocycles. The number of benzene rings is 2. The average molecular weight is 391 g/mol. The SMILES string of the molecule is COc1ccc(OC(C)C(=O)N2C[C@@H](CN)[C@H](c3ccccc3)C2)cc1.Cl. The number of nitrogens with zero attached hydrogens (tertiary/aromatic N) is 1. The van der Waals surface area contributed by atoms with Crippen molar-refractivity contribution in [1.29, 1.82) is 0 Å². The number of amides is 1. The molecule has 6 heteroatoms. The minimum Gasteiger partial charge on any atom is -0.497 e. The van der Waals surface area contributed by atoms with Crippen molar-refractivity contribution in [3.8, 4) is 11.5 Å². The molecule has 1 fully saturated rings. The van der Waals surface area contributed by atoms with E-state index in [4.69, 9.17) is 15.2 Å². The Morgan fingerprint density at radius 1 is 1.11 bits per heavy atom. The minimum absolute atomic E-state index is 0. The molecule has 146 valence electrons. The van der Waals surface area contributed by atoms with Crippen LogP contribution in [-0.4, -0.2) is 43.7 Å². The number of hydrogen-bond acceptors (Lipinski definition) is 4. The van der Waals surface area contributed by atoms with Crippen LogP contribution in [0.25, 0.3) is 0 Å². The van der Waals surface area contributed by atoms with Gasteiger partial charge in [-0.05, 0) is 49.2 Å². The van der Waals surface area contributed by atoms with Crippen LogP contribution in [0.3, 0.4) is 0 Å². The third-order valence-electron chi connectivity index (χ3n) is 5.00. The summed E-state index contributed by atoms with van der Waals surface area (Å²) in [4.78, 5) is 14.7. The predicted molar refractivity (Wildman–Crippen MR) is 109 cm³/mol. The molecule has 2 aromatic rings. The number of nitrogens with two attached hydrogens (primary N) is 1. The Morgan fingerprint density at radius 2 is 1.74 bits per heavy atom. The molecule has 2 N–H and O–H groups in total. The van der Waals surface area contributed by atoms with Crippen LogP contribution >= 0.6 is 12.4 Å². The second-order valence-electron chi connectivity index (χ2n) is 6.69. The van der Waals surface area contributed by atoms with Crippen molar-refractivity contribution in [1.82, 2.24) is 4.90 Å². The highest BCUT2D eigenvalue weighted by Crippen LogP contribution is 2.32. The van der Waals surface area contributed by atoms with Crippen molar-refractivity contribution >= 4 is 18.3 Å². The van der Waals surface area contributed by atoms with E-state index in [1.54, 1.807) is 14.0 Å². The van der Waals surface area contributed by atoms with Gasteiger partial charge in [0.25, 0.3) is 5.91 Å². The zero-order chi connectivity index (χ0) is 18.5. The summed E-state index contributed by atoms with van der Waals surface area (Å²) in [5.74, 6) is 1.96. The van der Waals surface area contributed by atoms with Gasteiger partial charge in [-0.25, -0.2) is 0 Å². The van der Waals surface area contributed by atoms with Gasteiger partial charge in [0.1, 0.15) is 11.5 Å². The Bertz CT molecular complexity index is 724. The summed E-state index contributed by atoms with van der Waals surface area (Å²) in [6.45, 7) is 3.71. The zero-order valence-corrected chi connectivity index (χ0v) is 16.5. The Labute approximate surface area is 166 Å². The summed E-state index contributed by atoms with van der Waals surface area (Å²) in [5.41, 5.74) is 7.21. The van der Waals surface area contributed by atoms with E-state index in [2.05, 4.69) is 12.1 Å². The normalized spacial score (nSPS) is 19.9. The van der Waals surface area contributed by atoms with Gasteiger partial charge in [-0.15, -0.1) is 12.4 Å². The lowest BCUT2D eigenvalue weighted by Crippen LogP contribution is -2.39. The molecule has 1 aliphatic heterocycles. The van der Waals surface area contributed by atoms with E-state index in [1.165, 1.54) is 5.56 Å². The summed E-state index contributed by atoms with van der Waals surface area (Å²) in [5, 5.41) is 0. The fraction of sp³-hybridized carbons (Fsp3) is 0.381. The van der Waals surface area contributed by atoms with Gasteiger partial charge in [0.2, 0.25) is 0 Å². The van der Waals surface area contributed by atoms with E-state index in [-0.39, 0.29) is 30.2 Å². The molecule has 1 saturated heterocycles. The molecule has 5 nitrogen and oxygen atoms in total. The third kappa shape index (κ3) is 4.93. The van der Waals surface area contributed by atoms with Gasteiger partial charge in [0.05, 0.1) is 7.11 Å². The summed E-state index contributed by atoms with van der Waals surface area (Å²) in [6, 6.07) is 17.5. The van der Waals surface area contributed by atoms with E-state index < -0.39 is 6.10 Å². The predicted octanol–water partition coefficient (Wildman–Crippen LogP) is 3.09. The summed E-state index contributed by atoms with van der Waals surface area (Å²) >= 11 is 0. The second kappa shape index (κ2) is 9.62. The standard InChI is InChI=1S/C21H26N2O3.ClH/c1-15(26-19-10-8-18(25-2)9-11-19)21(24)23-13-17(12-22)20(14-23)16-6-4-3-5-7-16;/h3-11,15,17,20H,12-14,22H2,1-2H3;1H/t15?,17-,20+;/m1./s1. The zero-order valence-electron chi connectivity index (χ0n) is 15.7. The Balaban J connectivity index is 0.00000261. The molecule has 27 heavy (non-hydrogen) atoms. The molecule has 0 aromatic heterocycles. The Morgan fingerprint density at radius 3 is 2.33 bits per heavy atom. The summed E-state index contributed by atoms with van der Waals surface area (Å²) < 4.78 is 11.0. The van der Waals surface area contributed by atoms with Gasteiger partial charge in [0, 0.05) is 19.0 Å². The molecule has 0 saturated carbocycles. The number of halogens is 1. The molecule has 3 atom stereocenters. The van der Waals surface area contributed by atoms with Crippen LogP contribution < -0.4 is 15.2 Å². The number of hydrogen-bond donors (Lipinski definition) is 1. The number of likely N-dealkylation sites (tertiary alicyclic amines) is 1. The fourth-order valence-corrected chi connectivity index (χ4v) is 3.53. The molecular weight excluding hydrogens is 364 g/mol. The van der Waals surface area contributed by atoms with Crippen LogP contribution in [0, 0.1) is 5.92 Å². The largest absolute Gasteiger partial charge is 0.497 e. The van der Waals surface area contributed by atoms with Crippen molar-refractivity contribution < 1.29 is 14.3 Å². The van der Waals surface area contributed by atoms with Crippen LogP contribution in [-0.2, 0) is 4.79 Å². The lowest BCUT2D eigenvalue weighted by atomic mass is 9.89. The number of carbonyl (C=O) groups is 1. The van der Waals surface area contributed by atoms with Gasteiger partial charge >= 0.3 is 0 Å². The maximum atomic E-state index is 12.8. The highest BCUT2D eigenvalue weighted by Gasteiger charge is 2.37. The summed E-state index contributed by atoms with van der Waals surface area (Å²) in [7, 11) is 1.62. The first kappa shape index (κ1) is 21.1. The van der Waals surface area contributed by atoms with Gasteiger partial charge in [0.15, 0.2) is 6.10 Å². The van der Waals surface area contributed by atoms with Crippen LogP contribution in [0.4, 0.5) is 0 Å². The lowest BCUT2D eigenvalue weighted by Gasteiger charge is -2.22. The van der Waals surface area contributed by atoms with Crippen LogP contribution in [0.2, 0.25) is 0 Å². The molecule has 1 unspecified atom stereocenters. The van der Waals surface area contributed by atoms with Crippen molar-refractivity contribution in [3.05, 3.63) is 60.2 Å².